The fourth-order valence-electron chi connectivity index (χ4n) is 3.96. The van der Waals surface area contributed by atoms with Gasteiger partial charge in [-0.25, -0.2) is 5.01 Å². The molecule has 32 heavy (non-hydrogen) atoms. The quantitative estimate of drug-likeness (QED) is 0.580. The van der Waals surface area contributed by atoms with Crippen LogP contribution in [0.5, 0.6) is 0 Å². The van der Waals surface area contributed by atoms with Gasteiger partial charge in [-0.2, -0.15) is 15.6 Å². The Morgan fingerprint density at radius 2 is 1.75 bits per heavy atom. The number of nitrogens with zero attached hydrogens (tertiary/aromatic N) is 5. The standard InChI is InChI=1S/C25H21ClN6/c1-16-12-18(17(2)31(16)21-10-8-20(26)9-11-21)13-19(14-27)24-23(15-28)25(29)32(30-24)22-6-4-3-5-7-22/h3-13,23,25H,29H2,1-2H3/b19-13-/t23-,25-/m0/s1. The number of para-hydroxylation sites is 1. The molecule has 1 aliphatic heterocycles. The molecular formula is C25H21ClN6. The third-order valence-electron chi connectivity index (χ3n) is 5.55. The number of halogens is 1. The predicted octanol–water partition coefficient (Wildman–Crippen LogP) is 4.96. The summed E-state index contributed by atoms with van der Waals surface area (Å²) < 4.78 is 2.09. The zero-order valence-electron chi connectivity index (χ0n) is 17.7. The average molecular weight is 441 g/mol. The van der Waals surface area contributed by atoms with Crippen molar-refractivity contribution in [2.45, 2.75) is 20.0 Å². The van der Waals surface area contributed by atoms with Crippen LogP contribution in [0.15, 0.2) is 71.3 Å². The first-order valence-electron chi connectivity index (χ1n) is 10.1. The summed E-state index contributed by atoms with van der Waals surface area (Å²) in [5.41, 5.74) is 11.6. The number of allylic oxidation sites excluding steroid dienone is 1. The average Bonchev–Trinajstić information content (AvgIpc) is 3.28. The van der Waals surface area contributed by atoms with Crippen molar-refractivity contribution < 1.29 is 0 Å². The number of hydrogen-bond donors (Lipinski definition) is 1. The minimum Gasteiger partial charge on any atom is -0.318 e. The molecule has 4 rings (SSSR count). The summed E-state index contributed by atoms with van der Waals surface area (Å²) in [7, 11) is 0. The Labute approximate surface area is 192 Å². The van der Waals surface area contributed by atoms with Crippen molar-refractivity contribution in [3.05, 3.63) is 88.2 Å². The van der Waals surface area contributed by atoms with Crippen molar-refractivity contribution in [3.63, 3.8) is 0 Å². The molecule has 0 saturated heterocycles. The van der Waals surface area contributed by atoms with Crippen LogP contribution >= 0.6 is 11.6 Å². The van der Waals surface area contributed by atoms with Crippen LogP contribution in [0.4, 0.5) is 5.69 Å². The smallest absolute Gasteiger partial charge is 0.127 e. The Balaban J connectivity index is 1.76. The molecule has 0 spiro atoms. The molecule has 0 aliphatic carbocycles. The first-order chi connectivity index (χ1) is 15.4. The second-order valence-electron chi connectivity index (χ2n) is 7.57. The third kappa shape index (κ3) is 3.78. The molecule has 3 aromatic rings. The lowest BCUT2D eigenvalue weighted by atomic mass is 9.95. The van der Waals surface area contributed by atoms with Crippen molar-refractivity contribution in [2.24, 2.45) is 16.8 Å². The maximum atomic E-state index is 9.93. The molecule has 2 atom stereocenters. The van der Waals surface area contributed by atoms with Gasteiger partial charge in [0.1, 0.15) is 18.2 Å². The zero-order valence-corrected chi connectivity index (χ0v) is 18.5. The highest BCUT2D eigenvalue weighted by atomic mass is 35.5. The molecule has 0 saturated carbocycles. The molecule has 2 heterocycles. The summed E-state index contributed by atoms with van der Waals surface area (Å²) in [5.74, 6) is -0.721. The molecule has 1 aliphatic rings. The van der Waals surface area contributed by atoms with E-state index in [9.17, 15) is 10.5 Å². The van der Waals surface area contributed by atoms with Gasteiger partial charge in [0.2, 0.25) is 0 Å². The van der Waals surface area contributed by atoms with Crippen LogP contribution in [0.2, 0.25) is 5.02 Å². The number of rotatable bonds is 4. The van der Waals surface area contributed by atoms with Crippen molar-refractivity contribution in [3.8, 4) is 17.8 Å². The summed E-state index contributed by atoms with van der Waals surface area (Å²) in [6, 6.07) is 23.4. The zero-order chi connectivity index (χ0) is 22.8. The van der Waals surface area contributed by atoms with E-state index in [-0.39, 0.29) is 0 Å². The molecule has 0 amide bonds. The summed E-state index contributed by atoms with van der Waals surface area (Å²) in [5, 5.41) is 26.5. The lowest BCUT2D eigenvalue weighted by Gasteiger charge is -2.21. The maximum Gasteiger partial charge on any atom is 0.127 e. The summed E-state index contributed by atoms with van der Waals surface area (Å²) in [4.78, 5) is 0. The number of anilines is 1. The molecule has 7 heteroatoms. The van der Waals surface area contributed by atoms with Crippen LogP contribution in [-0.2, 0) is 0 Å². The number of nitriles is 2. The summed E-state index contributed by atoms with van der Waals surface area (Å²) in [6.45, 7) is 3.99. The lowest BCUT2D eigenvalue weighted by molar-refractivity contribution is 0.624. The predicted molar refractivity (Wildman–Crippen MR) is 127 cm³/mol. The third-order valence-corrected chi connectivity index (χ3v) is 5.80. The van der Waals surface area contributed by atoms with Gasteiger partial charge in [0.25, 0.3) is 0 Å². The van der Waals surface area contributed by atoms with Crippen LogP contribution in [0.1, 0.15) is 17.0 Å². The topological polar surface area (TPSA) is 94.1 Å². The number of aryl methyl sites for hydroxylation is 1. The maximum absolute atomic E-state index is 9.93. The van der Waals surface area contributed by atoms with E-state index < -0.39 is 12.1 Å². The Morgan fingerprint density at radius 1 is 1.06 bits per heavy atom. The number of hydrogen-bond acceptors (Lipinski definition) is 5. The SMILES string of the molecule is Cc1cc(/C=C(/C#N)C2=NN(c3ccccc3)[C@H](N)[C@H]2C#N)c(C)n1-c1ccc(Cl)cc1. The van der Waals surface area contributed by atoms with Crippen molar-refractivity contribution in [2.75, 3.05) is 5.01 Å². The largest absolute Gasteiger partial charge is 0.318 e. The van der Waals surface area contributed by atoms with Gasteiger partial charge in [-0.15, -0.1) is 0 Å². The van der Waals surface area contributed by atoms with E-state index in [4.69, 9.17) is 17.3 Å². The molecule has 158 valence electrons. The molecule has 6 nitrogen and oxygen atoms in total. The van der Waals surface area contributed by atoms with Gasteiger partial charge in [-0.3, -0.25) is 0 Å². The van der Waals surface area contributed by atoms with Gasteiger partial charge < -0.3 is 10.3 Å². The van der Waals surface area contributed by atoms with E-state index >= 15 is 0 Å². The number of aromatic nitrogens is 1. The minimum atomic E-state index is -0.721. The van der Waals surface area contributed by atoms with Crippen LogP contribution < -0.4 is 10.7 Å². The van der Waals surface area contributed by atoms with E-state index in [0.717, 1.165) is 28.3 Å². The minimum absolute atomic E-state index is 0.321. The highest BCUT2D eigenvalue weighted by Crippen LogP contribution is 2.30. The molecule has 0 radical (unpaired) electrons. The highest BCUT2D eigenvalue weighted by molar-refractivity contribution is 6.30. The number of hydrazone groups is 1. The van der Waals surface area contributed by atoms with E-state index in [1.807, 2.05) is 74.5 Å². The van der Waals surface area contributed by atoms with Crippen LogP contribution in [-0.4, -0.2) is 16.4 Å². The van der Waals surface area contributed by atoms with Gasteiger partial charge in [-0.05, 0) is 68.0 Å². The number of benzene rings is 2. The molecular weight excluding hydrogens is 420 g/mol. The Bertz CT molecular complexity index is 1290. The first kappa shape index (κ1) is 21.4. The molecule has 2 aromatic carbocycles. The molecule has 0 bridgehead atoms. The summed E-state index contributed by atoms with van der Waals surface area (Å²) >= 11 is 6.03. The van der Waals surface area contributed by atoms with E-state index in [1.165, 1.54) is 0 Å². The Hall–Kier alpha value is -3.84. The molecule has 0 fully saturated rings. The first-order valence-corrected chi connectivity index (χ1v) is 10.5. The van der Waals surface area contributed by atoms with Crippen LogP contribution in [0, 0.1) is 42.4 Å². The number of nitrogens with two attached hydrogens (primary N) is 1. The van der Waals surface area contributed by atoms with E-state index in [1.54, 1.807) is 11.1 Å². The second kappa shape index (κ2) is 8.72. The molecule has 1 aromatic heterocycles. The van der Waals surface area contributed by atoms with E-state index in [0.29, 0.717) is 16.3 Å². The van der Waals surface area contributed by atoms with E-state index in [2.05, 4.69) is 21.8 Å². The Kier molecular flexibility index (Phi) is 5.83. The van der Waals surface area contributed by atoms with Gasteiger partial charge in [0.05, 0.1) is 23.0 Å². The fourth-order valence-corrected chi connectivity index (χ4v) is 4.08. The molecule has 2 N–H and O–H groups in total. The molecule has 0 unspecified atom stereocenters. The van der Waals surface area contributed by atoms with Crippen molar-refractivity contribution >= 4 is 29.1 Å². The monoisotopic (exact) mass is 440 g/mol. The highest BCUT2D eigenvalue weighted by Gasteiger charge is 2.37. The van der Waals surface area contributed by atoms with Crippen LogP contribution in [0.25, 0.3) is 11.8 Å². The summed E-state index contributed by atoms with van der Waals surface area (Å²) in [6.07, 6.45) is 1.11. The van der Waals surface area contributed by atoms with Gasteiger partial charge >= 0.3 is 0 Å². The fraction of sp³-hybridized carbons (Fsp3) is 0.160. The second-order valence-corrected chi connectivity index (χ2v) is 8.01. The van der Waals surface area contributed by atoms with Gasteiger partial charge in [0, 0.05) is 22.1 Å². The van der Waals surface area contributed by atoms with Crippen molar-refractivity contribution in [1.82, 2.24) is 4.57 Å². The lowest BCUT2D eigenvalue weighted by Crippen LogP contribution is -2.40. The Morgan fingerprint density at radius 3 is 2.38 bits per heavy atom. The van der Waals surface area contributed by atoms with Gasteiger partial charge in [-0.1, -0.05) is 29.8 Å². The normalized spacial score (nSPS) is 18.2. The van der Waals surface area contributed by atoms with Crippen molar-refractivity contribution in [1.29, 1.82) is 10.5 Å². The van der Waals surface area contributed by atoms with Gasteiger partial charge in [0.15, 0.2) is 0 Å². The van der Waals surface area contributed by atoms with Crippen LogP contribution in [0.3, 0.4) is 0 Å².